The predicted molar refractivity (Wildman–Crippen MR) is 116 cm³/mol. The number of carbonyl (C=O) groups is 1. The number of methoxy groups -OCH3 is 2. The van der Waals surface area contributed by atoms with Gasteiger partial charge in [-0.25, -0.2) is 4.68 Å². The van der Waals surface area contributed by atoms with Crippen molar-refractivity contribution >= 4 is 23.1 Å². The van der Waals surface area contributed by atoms with Gasteiger partial charge in [0.05, 0.1) is 14.2 Å². The molecule has 0 bridgehead atoms. The lowest BCUT2D eigenvalue weighted by Crippen LogP contribution is -2.12. The van der Waals surface area contributed by atoms with E-state index in [0.717, 1.165) is 5.69 Å². The fourth-order valence-electron chi connectivity index (χ4n) is 2.84. The van der Waals surface area contributed by atoms with Crippen molar-refractivity contribution in [2.24, 2.45) is 0 Å². The van der Waals surface area contributed by atoms with Crippen LogP contribution in [0, 0.1) is 0 Å². The Morgan fingerprint density at radius 3 is 2.19 bits per heavy atom. The highest BCUT2D eigenvalue weighted by Crippen LogP contribution is 2.24. The molecule has 0 aliphatic carbocycles. The Kier molecular flexibility index (Phi) is 5.75. The van der Waals surface area contributed by atoms with E-state index in [1.54, 1.807) is 47.4 Å². The molecule has 0 saturated carbocycles. The molecule has 0 aliphatic heterocycles. The number of nitrogens with zero attached hydrogens (tertiary/aromatic N) is 4. The Morgan fingerprint density at radius 1 is 0.903 bits per heavy atom. The molecule has 156 valence electrons. The van der Waals surface area contributed by atoms with Gasteiger partial charge in [0.1, 0.15) is 11.5 Å². The topological polar surface area (TPSA) is 103 Å². The molecule has 0 saturated heterocycles. The van der Waals surface area contributed by atoms with Crippen LogP contribution in [0.2, 0.25) is 0 Å². The van der Waals surface area contributed by atoms with Crippen molar-refractivity contribution in [1.82, 2.24) is 20.0 Å². The number of aromatic nitrogens is 4. The zero-order valence-electron chi connectivity index (χ0n) is 16.9. The molecule has 31 heavy (non-hydrogen) atoms. The summed E-state index contributed by atoms with van der Waals surface area (Å²) in [6.07, 6.45) is 3.48. The van der Waals surface area contributed by atoms with Gasteiger partial charge in [-0.15, -0.1) is 10.2 Å². The van der Waals surface area contributed by atoms with Gasteiger partial charge in [0.2, 0.25) is 0 Å². The van der Waals surface area contributed by atoms with E-state index in [2.05, 4.69) is 25.9 Å². The summed E-state index contributed by atoms with van der Waals surface area (Å²) in [6.45, 7) is 0. The van der Waals surface area contributed by atoms with Crippen molar-refractivity contribution < 1.29 is 14.3 Å². The summed E-state index contributed by atoms with van der Waals surface area (Å²) in [6, 6.07) is 17.7. The molecule has 1 amide bonds. The summed E-state index contributed by atoms with van der Waals surface area (Å²) < 4.78 is 12.1. The molecule has 4 aromatic rings. The van der Waals surface area contributed by atoms with Crippen LogP contribution < -0.4 is 20.1 Å². The first kappa shape index (κ1) is 19.9. The number of anilines is 3. The summed E-state index contributed by atoms with van der Waals surface area (Å²) in [5.74, 6) is 2.05. The maximum absolute atomic E-state index is 12.6. The van der Waals surface area contributed by atoms with E-state index in [-0.39, 0.29) is 5.91 Å². The number of hydrogen-bond acceptors (Lipinski definition) is 7. The molecule has 0 spiro atoms. The second kappa shape index (κ2) is 8.95. The summed E-state index contributed by atoms with van der Waals surface area (Å²) in [4.78, 5) is 12.6. The van der Waals surface area contributed by atoms with Gasteiger partial charge in [0.15, 0.2) is 11.6 Å². The Bertz CT molecular complexity index is 1140. The summed E-state index contributed by atoms with van der Waals surface area (Å²) in [7, 11) is 3.08. The number of rotatable bonds is 7. The van der Waals surface area contributed by atoms with E-state index >= 15 is 0 Å². The maximum Gasteiger partial charge on any atom is 0.255 e. The third-order valence-electron chi connectivity index (χ3n) is 4.42. The molecule has 0 unspecified atom stereocenters. The quantitative estimate of drug-likeness (QED) is 0.474. The zero-order chi connectivity index (χ0) is 21.6. The normalized spacial score (nSPS) is 10.4. The SMILES string of the molecule is COc1cc(OC)cc(C(=O)Nc2ccc(Nc3ccc(-n4cccn4)nn3)cc2)c1. The van der Waals surface area contributed by atoms with Crippen molar-refractivity contribution in [3.8, 4) is 17.3 Å². The first-order valence-electron chi connectivity index (χ1n) is 9.40. The molecule has 0 atom stereocenters. The number of carbonyl (C=O) groups excluding carboxylic acids is 1. The molecule has 2 aromatic heterocycles. The number of hydrogen-bond donors (Lipinski definition) is 2. The maximum atomic E-state index is 12.6. The van der Waals surface area contributed by atoms with Crippen molar-refractivity contribution in [2.45, 2.75) is 0 Å². The smallest absolute Gasteiger partial charge is 0.255 e. The summed E-state index contributed by atoms with van der Waals surface area (Å²) in [5, 5.41) is 18.5. The average molecular weight is 416 g/mol. The van der Waals surface area contributed by atoms with Crippen molar-refractivity contribution in [2.75, 3.05) is 24.9 Å². The van der Waals surface area contributed by atoms with Crippen LogP contribution in [-0.4, -0.2) is 40.1 Å². The van der Waals surface area contributed by atoms with Gasteiger partial charge in [0, 0.05) is 35.4 Å². The lowest BCUT2D eigenvalue weighted by Gasteiger charge is -2.10. The highest BCUT2D eigenvalue weighted by molar-refractivity contribution is 6.04. The highest BCUT2D eigenvalue weighted by atomic mass is 16.5. The molecule has 4 rings (SSSR count). The Labute approximate surface area is 178 Å². The Hall–Kier alpha value is -4.40. The van der Waals surface area contributed by atoms with Crippen LogP contribution in [0.4, 0.5) is 17.2 Å². The zero-order valence-corrected chi connectivity index (χ0v) is 16.9. The Morgan fingerprint density at radius 2 is 1.61 bits per heavy atom. The largest absolute Gasteiger partial charge is 0.497 e. The van der Waals surface area contributed by atoms with Gasteiger partial charge in [-0.3, -0.25) is 4.79 Å². The lowest BCUT2D eigenvalue weighted by molar-refractivity contribution is 0.102. The van der Waals surface area contributed by atoms with Crippen molar-refractivity contribution in [3.05, 3.63) is 78.6 Å². The monoisotopic (exact) mass is 416 g/mol. The molecule has 2 heterocycles. The second-order valence-electron chi connectivity index (χ2n) is 6.49. The van der Waals surface area contributed by atoms with Crippen LogP contribution in [0.3, 0.4) is 0 Å². The molecular weight excluding hydrogens is 396 g/mol. The highest BCUT2D eigenvalue weighted by Gasteiger charge is 2.10. The van der Waals surface area contributed by atoms with Gasteiger partial charge in [-0.2, -0.15) is 5.10 Å². The molecule has 2 aromatic carbocycles. The van der Waals surface area contributed by atoms with Crippen LogP contribution in [0.15, 0.2) is 73.1 Å². The minimum Gasteiger partial charge on any atom is -0.497 e. The van der Waals surface area contributed by atoms with Gasteiger partial charge in [-0.1, -0.05) is 0 Å². The molecule has 0 fully saturated rings. The number of ether oxygens (including phenoxy) is 2. The minimum atomic E-state index is -0.266. The van der Waals surface area contributed by atoms with E-state index in [4.69, 9.17) is 9.47 Å². The van der Waals surface area contributed by atoms with Crippen molar-refractivity contribution in [1.29, 1.82) is 0 Å². The van der Waals surface area contributed by atoms with Crippen LogP contribution in [0.25, 0.3) is 5.82 Å². The average Bonchev–Trinajstić information content (AvgIpc) is 3.35. The van der Waals surface area contributed by atoms with Gasteiger partial charge in [0.25, 0.3) is 5.91 Å². The van der Waals surface area contributed by atoms with E-state index in [0.29, 0.717) is 34.4 Å². The fraction of sp³-hybridized carbons (Fsp3) is 0.0909. The minimum absolute atomic E-state index is 0.266. The van der Waals surface area contributed by atoms with E-state index in [1.807, 2.05) is 30.3 Å². The fourth-order valence-corrected chi connectivity index (χ4v) is 2.84. The number of amides is 1. The molecule has 0 aliphatic rings. The first-order valence-corrected chi connectivity index (χ1v) is 9.40. The van der Waals surface area contributed by atoms with Crippen molar-refractivity contribution in [3.63, 3.8) is 0 Å². The summed E-state index contributed by atoms with van der Waals surface area (Å²) in [5.41, 5.74) is 1.89. The van der Waals surface area contributed by atoms with Gasteiger partial charge in [-0.05, 0) is 54.6 Å². The Balaban J connectivity index is 1.41. The molecule has 2 N–H and O–H groups in total. The van der Waals surface area contributed by atoms with Gasteiger partial charge >= 0.3 is 0 Å². The lowest BCUT2D eigenvalue weighted by atomic mass is 10.1. The second-order valence-corrected chi connectivity index (χ2v) is 6.49. The standard InChI is InChI=1S/C22H20N6O3/c1-30-18-12-15(13-19(14-18)31-2)22(29)25-17-6-4-16(5-7-17)24-20-8-9-21(27-26-20)28-11-3-10-23-28/h3-14H,1-2H3,(H,24,26)(H,25,29). The predicted octanol–water partition coefficient (Wildman–Crippen LogP) is 3.68. The van der Waals surface area contributed by atoms with Gasteiger partial charge < -0.3 is 20.1 Å². The van der Waals surface area contributed by atoms with E-state index < -0.39 is 0 Å². The molecule has 9 nitrogen and oxygen atoms in total. The molecule has 0 radical (unpaired) electrons. The third-order valence-corrected chi connectivity index (χ3v) is 4.42. The van der Waals surface area contributed by atoms with Crippen LogP contribution in [0.5, 0.6) is 11.5 Å². The molecular formula is C22H20N6O3. The van der Waals surface area contributed by atoms with Crippen LogP contribution in [0.1, 0.15) is 10.4 Å². The number of benzene rings is 2. The van der Waals surface area contributed by atoms with E-state index in [1.165, 1.54) is 14.2 Å². The number of nitrogens with one attached hydrogen (secondary N) is 2. The third kappa shape index (κ3) is 4.78. The van der Waals surface area contributed by atoms with Crippen LogP contribution >= 0.6 is 0 Å². The summed E-state index contributed by atoms with van der Waals surface area (Å²) >= 11 is 0. The first-order chi connectivity index (χ1) is 15.1. The van der Waals surface area contributed by atoms with E-state index in [9.17, 15) is 4.79 Å². The van der Waals surface area contributed by atoms with Crippen LogP contribution in [-0.2, 0) is 0 Å². The molecule has 9 heteroatoms.